The van der Waals surface area contributed by atoms with Gasteiger partial charge in [-0.1, -0.05) is 34.1 Å². The number of hydrogen-bond donors (Lipinski definition) is 1. The molecule has 0 saturated carbocycles. The molecule has 1 aliphatic rings. The van der Waals surface area contributed by atoms with E-state index >= 15 is 0 Å². The minimum Gasteiger partial charge on any atom is -0.326 e. The van der Waals surface area contributed by atoms with Gasteiger partial charge in [0.05, 0.1) is 6.04 Å². The Morgan fingerprint density at radius 2 is 2.05 bits per heavy atom. The lowest BCUT2D eigenvalue weighted by molar-refractivity contribution is 0.0862. The molecule has 3 atom stereocenters. The van der Waals surface area contributed by atoms with Gasteiger partial charge in [0.1, 0.15) is 0 Å². The third kappa shape index (κ3) is 3.61. The Hall–Kier alpha value is -0.420. The molecule has 0 spiro atoms. The van der Waals surface area contributed by atoms with Gasteiger partial charge in [0, 0.05) is 23.1 Å². The number of hydrogen-bond acceptors (Lipinski definition) is 3. The maximum Gasteiger partial charge on any atom is 0.0508 e. The lowest BCUT2D eigenvalue weighted by atomic mass is 9.95. The van der Waals surface area contributed by atoms with E-state index in [9.17, 15) is 0 Å². The second-order valence-corrected chi connectivity index (χ2v) is 6.93. The topological polar surface area (TPSA) is 32.5 Å². The largest absolute Gasteiger partial charge is 0.326 e. The second kappa shape index (κ2) is 7.03. The summed E-state index contributed by atoms with van der Waals surface area (Å²) in [5, 5.41) is 0. The number of likely N-dealkylation sites (tertiary alicyclic amines) is 1. The third-order valence-corrected chi connectivity index (χ3v) is 5.00. The first kappa shape index (κ1) is 16.0. The Balaban J connectivity index is 2.23. The van der Waals surface area contributed by atoms with Crippen LogP contribution in [0.5, 0.6) is 0 Å². The molecule has 1 aliphatic heterocycles. The van der Waals surface area contributed by atoms with Crippen molar-refractivity contribution in [3.05, 3.63) is 34.3 Å². The minimum atomic E-state index is 0.120. The number of piperidine rings is 1. The molecule has 0 bridgehead atoms. The van der Waals surface area contributed by atoms with Crippen molar-refractivity contribution in [3.8, 4) is 0 Å². The number of nitrogens with two attached hydrogens (primary N) is 1. The van der Waals surface area contributed by atoms with Crippen molar-refractivity contribution in [1.29, 1.82) is 0 Å². The van der Waals surface area contributed by atoms with Gasteiger partial charge in [0.15, 0.2) is 0 Å². The van der Waals surface area contributed by atoms with E-state index in [0.717, 1.165) is 17.6 Å². The molecule has 1 aromatic rings. The highest BCUT2D eigenvalue weighted by molar-refractivity contribution is 9.10. The normalized spacial score (nSPS) is 23.8. The molecular weight excluding hydrogens is 314 g/mol. The van der Waals surface area contributed by atoms with Crippen molar-refractivity contribution in [2.45, 2.75) is 37.9 Å². The van der Waals surface area contributed by atoms with E-state index in [1.807, 2.05) is 0 Å². The molecule has 2 N–H and O–H groups in total. The van der Waals surface area contributed by atoms with Crippen LogP contribution in [-0.4, -0.2) is 49.1 Å². The fourth-order valence-corrected chi connectivity index (χ4v) is 3.70. The first-order valence-electron chi connectivity index (χ1n) is 7.41. The molecule has 0 aromatic heterocycles. The highest BCUT2D eigenvalue weighted by Crippen LogP contribution is 2.32. The van der Waals surface area contributed by atoms with E-state index in [1.165, 1.54) is 18.4 Å². The fourth-order valence-electron chi connectivity index (χ4n) is 3.18. The molecule has 0 radical (unpaired) electrons. The van der Waals surface area contributed by atoms with Crippen molar-refractivity contribution in [2.75, 3.05) is 27.2 Å². The summed E-state index contributed by atoms with van der Waals surface area (Å²) in [4.78, 5) is 4.89. The van der Waals surface area contributed by atoms with Crippen molar-refractivity contribution >= 4 is 15.9 Å². The number of rotatable bonds is 4. The van der Waals surface area contributed by atoms with E-state index in [2.05, 4.69) is 71.0 Å². The van der Waals surface area contributed by atoms with Gasteiger partial charge in [0.2, 0.25) is 0 Å². The third-order valence-electron chi connectivity index (χ3n) is 4.27. The lowest BCUT2D eigenvalue weighted by Gasteiger charge is -2.42. The zero-order valence-corrected chi connectivity index (χ0v) is 14.3. The van der Waals surface area contributed by atoms with Crippen LogP contribution in [-0.2, 0) is 0 Å². The molecule has 1 fully saturated rings. The summed E-state index contributed by atoms with van der Waals surface area (Å²) in [6, 6.07) is 9.50. The van der Waals surface area contributed by atoms with E-state index < -0.39 is 0 Å². The highest BCUT2D eigenvalue weighted by atomic mass is 79.9. The Morgan fingerprint density at radius 3 is 2.65 bits per heavy atom. The quantitative estimate of drug-likeness (QED) is 0.915. The summed E-state index contributed by atoms with van der Waals surface area (Å²) in [5.74, 6) is 0. The summed E-state index contributed by atoms with van der Waals surface area (Å²) in [5.41, 5.74) is 7.62. The van der Waals surface area contributed by atoms with E-state index in [1.54, 1.807) is 0 Å². The summed E-state index contributed by atoms with van der Waals surface area (Å²) < 4.78 is 1.16. The first-order chi connectivity index (χ1) is 9.50. The van der Waals surface area contributed by atoms with Crippen molar-refractivity contribution < 1.29 is 0 Å². The van der Waals surface area contributed by atoms with Gasteiger partial charge < -0.3 is 10.6 Å². The minimum absolute atomic E-state index is 0.120. The monoisotopic (exact) mass is 339 g/mol. The summed E-state index contributed by atoms with van der Waals surface area (Å²) in [7, 11) is 4.35. The van der Waals surface area contributed by atoms with Crippen LogP contribution in [0.1, 0.15) is 31.4 Å². The van der Waals surface area contributed by atoms with Crippen LogP contribution in [0.25, 0.3) is 0 Å². The lowest BCUT2D eigenvalue weighted by Crippen LogP contribution is -2.49. The summed E-state index contributed by atoms with van der Waals surface area (Å²) in [6.07, 6.45) is 2.53. The smallest absolute Gasteiger partial charge is 0.0508 e. The predicted octanol–water partition coefficient (Wildman–Crippen LogP) is 2.86. The average molecular weight is 340 g/mol. The van der Waals surface area contributed by atoms with Gasteiger partial charge in [-0.25, -0.2) is 0 Å². The molecule has 1 aromatic carbocycles. The van der Waals surface area contributed by atoms with Gasteiger partial charge in [0.25, 0.3) is 0 Å². The van der Waals surface area contributed by atoms with Crippen LogP contribution in [0.4, 0.5) is 0 Å². The number of likely N-dealkylation sites (N-methyl/N-ethyl adjacent to an activating group) is 1. The Labute approximate surface area is 131 Å². The molecule has 2 rings (SSSR count). The van der Waals surface area contributed by atoms with E-state index in [4.69, 9.17) is 5.73 Å². The maximum absolute atomic E-state index is 6.31. The van der Waals surface area contributed by atoms with Crippen LogP contribution in [0.2, 0.25) is 0 Å². The SMILES string of the molecule is CC(N)C(c1ccccc1Br)N1CCCC(N(C)C)C1. The van der Waals surface area contributed by atoms with E-state index in [-0.39, 0.29) is 12.1 Å². The molecule has 3 nitrogen and oxygen atoms in total. The number of nitrogens with zero attached hydrogens (tertiary/aromatic N) is 2. The zero-order valence-electron chi connectivity index (χ0n) is 12.7. The van der Waals surface area contributed by atoms with Gasteiger partial charge in [-0.15, -0.1) is 0 Å². The Kier molecular flexibility index (Phi) is 5.61. The number of halogens is 1. The molecule has 20 heavy (non-hydrogen) atoms. The van der Waals surface area contributed by atoms with Gasteiger partial charge in [-0.3, -0.25) is 4.90 Å². The van der Waals surface area contributed by atoms with Crippen molar-refractivity contribution in [3.63, 3.8) is 0 Å². The molecule has 0 aliphatic carbocycles. The molecule has 3 unspecified atom stereocenters. The molecule has 4 heteroatoms. The molecular formula is C16H26BrN3. The molecule has 1 heterocycles. The average Bonchev–Trinajstić information content (AvgIpc) is 2.41. The zero-order chi connectivity index (χ0) is 14.7. The Morgan fingerprint density at radius 1 is 1.35 bits per heavy atom. The standard InChI is InChI=1S/C16H26BrN3/c1-12(18)16(14-8-4-5-9-15(14)17)20-10-6-7-13(11-20)19(2)3/h4-5,8-9,12-13,16H,6-7,10-11,18H2,1-3H3. The highest BCUT2D eigenvalue weighted by Gasteiger charge is 2.30. The van der Waals surface area contributed by atoms with Gasteiger partial charge >= 0.3 is 0 Å². The van der Waals surface area contributed by atoms with Crippen LogP contribution in [0, 0.1) is 0 Å². The molecule has 1 saturated heterocycles. The van der Waals surface area contributed by atoms with Crippen LogP contribution in [0.15, 0.2) is 28.7 Å². The fraction of sp³-hybridized carbons (Fsp3) is 0.625. The molecule has 112 valence electrons. The maximum atomic E-state index is 6.31. The van der Waals surface area contributed by atoms with Crippen LogP contribution < -0.4 is 5.73 Å². The second-order valence-electron chi connectivity index (χ2n) is 6.08. The van der Waals surface area contributed by atoms with Crippen molar-refractivity contribution in [1.82, 2.24) is 9.80 Å². The predicted molar refractivity (Wildman–Crippen MR) is 88.8 cm³/mol. The van der Waals surface area contributed by atoms with Crippen molar-refractivity contribution in [2.24, 2.45) is 5.73 Å². The summed E-state index contributed by atoms with van der Waals surface area (Å²) in [6.45, 7) is 4.35. The molecule has 0 amide bonds. The van der Waals surface area contributed by atoms with E-state index in [0.29, 0.717) is 6.04 Å². The Bertz CT molecular complexity index is 433. The first-order valence-corrected chi connectivity index (χ1v) is 8.20. The number of benzene rings is 1. The van der Waals surface area contributed by atoms with Gasteiger partial charge in [-0.2, -0.15) is 0 Å². The summed E-state index contributed by atoms with van der Waals surface area (Å²) >= 11 is 3.68. The van der Waals surface area contributed by atoms with Crippen LogP contribution >= 0.6 is 15.9 Å². The van der Waals surface area contributed by atoms with Gasteiger partial charge in [-0.05, 0) is 52.0 Å². The van der Waals surface area contributed by atoms with Crippen LogP contribution in [0.3, 0.4) is 0 Å².